The van der Waals surface area contributed by atoms with E-state index in [2.05, 4.69) is 36.5 Å². The molecule has 2 nitrogen and oxygen atoms in total. The van der Waals surface area contributed by atoms with Crippen molar-refractivity contribution in [1.82, 2.24) is 0 Å². The Balaban J connectivity index is 2.04. The third kappa shape index (κ3) is 3.08. The minimum absolute atomic E-state index is 0.0890. The summed E-state index contributed by atoms with van der Waals surface area (Å²) in [6, 6.07) is 16.2. The van der Waals surface area contributed by atoms with E-state index >= 15 is 0 Å². The molecule has 0 saturated heterocycles. The van der Waals surface area contributed by atoms with E-state index in [9.17, 15) is 5.11 Å². The third-order valence-corrected chi connectivity index (χ3v) is 2.82. The van der Waals surface area contributed by atoms with Gasteiger partial charge in [-0.05, 0) is 30.2 Å². The van der Waals surface area contributed by atoms with Gasteiger partial charge in [0.15, 0.2) is 0 Å². The molecule has 0 aliphatic carbocycles. The van der Waals surface area contributed by atoms with Crippen LogP contribution in [-0.2, 0) is 13.2 Å². The van der Waals surface area contributed by atoms with Crippen LogP contribution in [0, 0.1) is 6.92 Å². The van der Waals surface area contributed by atoms with E-state index < -0.39 is 0 Å². The predicted octanol–water partition coefficient (Wildman–Crippen LogP) is 3.10. The molecule has 0 aromatic heterocycles. The van der Waals surface area contributed by atoms with Crippen molar-refractivity contribution in [3.63, 3.8) is 0 Å². The molecule has 0 fully saturated rings. The van der Waals surface area contributed by atoms with Crippen molar-refractivity contribution in [2.24, 2.45) is 0 Å². The molecule has 2 rings (SSSR count). The normalized spacial score (nSPS) is 10.2. The van der Waals surface area contributed by atoms with E-state index in [-0.39, 0.29) is 6.61 Å². The molecule has 88 valence electrons. The molecule has 0 radical (unpaired) electrons. The molecule has 0 unspecified atom stereocenters. The number of nitrogens with one attached hydrogen (secondary N) is 1. The second kappa shape index (κ2) is 5.51. The highest BCUT2D eigenvalue weighted by molar-refractivity contribution is 5.45. The zero-order chi connectivity index (χ0) is 12.1. The molecule has 0 amide bonds. The van der Waals surface area contributed by atoms with Gasteiger partial charge in [0.1, 0.15) is 0 Å². The van der Waals surface area contributed by atoms with Crippen LogP contribution in [0.5, 0.6) is 0 Å². The van der Waals surface area contributed by atoms with Crippen LogP contribution >= 0.6 is 0 Å². The van der Waals surface area contributed by atoms with Crippen LogP contribution in [0.4, 0.5) is 5.69 Å². The summed E-state index contributed by atoms with van der Waals surface area (Å²) < 4.78 is 0. The quantitative estimate of drug-likeness (QED) is 0.841. The van der Waals surface area contributed by atoms with Crippen LogP contribution in [0.2, 0.25) is 0 Å². The van der Waals surface area contributed by atoms with Gasteiger partial charge in [0.25, 0.3) is 0 Å². The molecule has 2 N–H and O–H groups in total. The van der Waals surface area contributed by atoms with Gasteiger partial charge in [0.05, 0.1) is 6.61 Å². The van der Waals surface area contributed by atoms with Crippen molar-refractivity contribution in [2.75, 3.05) is 5.32 Å². The highest BCUT2D eigenvalue weighted by Crippen LogP contribution is 2.13. The van der Waals surface area contributed by atoms with Gasteiger partial charge in [-0.15, -0.1) is 0 Å². The van der Waals surface area contributed by atoms with Crippen molar-refractivity contribution in [2.45, 2.75) is 20.1 Å². The van der Waals surface area contributed by atoms with Crippen molar-refractivity contribution < 1.29 is 5.11 Å². The molecule has 2 heteroatoms. The first kappa shape index (κ1) is 11.7. The van der Waals surface area contributed by atoms with Gasteiger partial charge in [-0.1, -0.05) is 42.0 Å². The van der Waals surface area contributed by atoms with Crippen molar-refractivity contribution >= 4 is 5.69 Å². The van der Waals surface area contributed by atoms with Crippen LogP contribution in [-0.4, -0.2) is 5.11 Å². The summed E-state index contributed by atoms with van der Waals surface area (Å²) in [6.07, 6.45) is 0. The van der Waals surface area contributed by atoms with Crippen LogP contribution in [0.25, 0.3) is 0 Å². The Morgan fingerprint density at radius 2 is 1.59 bits per heavy atom. The Bertz CT molecular complexity index is 477. The number of rotatable bonds is 4. The van der Waals surface area contributed by atoms with Crippen LogP contribution in [0.15, 0.2) is 48.5 Å². The maximum atomic E-state index is 9.22. The maximum absolute atomic E-state index is 9.22. The van der Waals surface area contributed by atoms with Gasteiger partial charge < -0.3 is 10.4 Å². The van der Waals surface area contributed by atoms with Crippen LogP contribution < -0.4 is 5.32 Å². The monoisotopic (exact) mass is 227 g/mol. The molecule has 0 aliphatic rings. The number of hydrogen-bond acceptors (Lipinski definition) is 2. The number of aliphatic hydroxyl groups is 1. The van der Waals surface area contributed by atoms with Crippen molar-refractivity contribution in [1.29, 1.82) is 0 Å². The molecular formula is C15H17NO. The lowest BCUT2D eigenvalue weighted by molar-refractivity contribution is 0.280. The average molecular weight is 227 g/mol. The lowest BCUT2D eigenvalue weighted by Crippen LogP contribution is -2.02. The lowest BCUT2D eigenvalue weighted by atomic mass is 10.1. The fourth-order valence-electron chi connectivity index (χ4n) is 1.75. The number of anilines is 1. The van der Waals surface area contributed by atoms with E-state index in [4.69, 9.17) is 0 Å². The zero-order valence-electron chi connectivity index (χ0n) is 9.98. The van der Waals surface area contributed by atoms with Gasteiger partial charge >= 0.3 is 0 Å². The molecular weight excluding hydrogens is 210 g/mol. The maximum Gasteiger partial charge on any atom is 0.0685 e. The highest BCUT2D eigenvalue weighted by atomic mass is 16.3. The minimum atomic E-state index is 0.0890. The first-order valence-electron chi connectivity index (χ1n) is 5.78. The number of aryl methyl sites for hydroxylation is 1. The molecule has 0 saturated carbocycles. The largest absolute Gasteiger partial charge is 0.392 e. The van der Waals surface area contributed by atoms with Crippen LogP contribution in [0.1, 0.15) is 16.7 Å². The van der Waals surface area contributed by atoms with Gasteiger partial charge in [0, 0.05) is 12.2 Å². The molecule has 0 spiro atoms. The minimum Gasteiger partial charge on any atom is -0.392 e. The summed E-state index contributed by atoms with van der Waals surface area (Å²) in [4.78, 5) is 0. The Kier molecular flexibility index (Phi) is 3.78. The molecule has 17 heavy (non-hydrogen) atoms. The average Bonchev–Trinajstić information content (AvgIpc) is 2.38. The zero-order valence-corrected chi connectivity index (χ0v) is 9.98. The van der Waals surface area contributed by atoms with E-state index in [1.807, 2.05) is 24.3 Å². The summed E-state index contributed by atoms with van der Waals surface area (Å²) in [5.74, 6) is 0. The molecule has 0 aliphatic heterocycles. The molecule has 0 atom stereocenters. The van der Waals surface area contributed by atoms with Crippen molar-refractivity contribution in [3.8, 4) is 0 Å². The smallest absolute Gasteiger partial charge is 0.0685 e. The highest BCUT2D eigenvalue weighted by Gasteiger charge is 1.99. The molecule has 0 heterocycles. The number of benzene rings is 2. The lowest BCUT2D eigenvalue weighted by Gasteiger charge is -2.10. The number of hydrogen-bond donors (Lipinski definition) is 2. The Labute approximate surface area is 102 Å². The summed E-state index contributed by atoms with van der Waals surface area (Å²) in [5.41, 5.74) is 4.47. The van der Waals surface area contributed by atoms with Crippen LogP contribution in [0.3, 0.4) is 0 Å². The summed E-state index contributed by atoms with van der Waals surface area (Å²) >= 11 is 0. The second-order valence-corrected chi connectivity index (χ2v) is 4.15. The molecule has 2 aromatic rings. The fraction of sp³-hybridized carbons (Fsp3) is 0.200. The predicted molar refractivity (Wildman–Crippen MR) is 70.9 cm³/mol. The Hall–Kier alpha value is -1.80. The summed E-state index contributed by atoms with van der Waals surface area (Å²) in [6.45, 7) is 2.90. The van der Waals surface area contributed by atoms with Gasteiger partial charge in [-0.3, -0.25) is 0 Å². The second-order valence-electron chi connectivity index (χ2n) is 4.15. The topological polar surface area (TPSA) is 32.3 Å². The van der Waals surface area contributed by atoms with E-state index in [1.165, 1.54) is 5.56 Å². The van der Waals surface area contributed by atoms with Crippen molar-refractivity contribution in [3.05, 3.63) is 65.2 Å². The standard InChI is InChI=1S/C15H17NO/c1-12-6-8-15(9-7-12)16-10-13-4-2-3-5-14(13)11-17/h2-9,16-17H,10-11H2,1H3. The van der Waals surface area contributed by atoms with Gasteiger partial charge in [-0.2, -0.15) is 0 Å². The van der Waals surface area contributed by atoms with E-state index in [0.717, 1.165) is 23.4 Å². The number of aliphatic hydroxyl groups excluding tert-OH is 1. The molecule has 0 bridgehead atoms. The van der Waals surface area contributed by atoms with E-state index in [1.54, 1.807) is 0 Å². The SMILES string of the molecule is Cc1ccc(NCc2ccccc2CO)cc1. The molecule has 2 aromatic carbocycles. The fourth-order valence-corrected chi connectivity index (χ4v) is 1.75. The summed E-state index contributed by atoms with van der Waals surface area (Å²) in [7, 11) is 0. The van der Waals surface area contributed by atoms with E-state index in [0.29, 0.717) is 0 Å². The first-order chi connectivity index (χ1) is 8.29. The van der Waals surface area contributed by atoms with Gasteiger partial charge in [0.2, 0.25) is 0 Å². The third-order valence-electron chi connectivity index (χ3n) is 2.82. The summed E-state index contributed by atoms with van der Waals surface area (Å²) in [5, 5.41) is 12.6. The Morgan fingerprint density at radius 3 is 2.24 bits per heavy atom. The van der Waals surface area contributed by atoms with Gasteiger partial charge in [-0.25, -0.2) is 0 Å². The first-order valence-corrected chi connectivity index (χ1v) is 5.78. The Morgan fingerprint density at radius 1 is 0.941 bits per heavy atom.